The Morgan fingerprint density at radius 2 is 2.05 bits per heavy atom. The molecule has 0 spiro atoms. The fourth-order valence-electron chi connectivity index (χ4n) is 4.30. The lowest BCUT2D eigenvalue weighted by Crippen LogP contribution is -2.54. The molecule has 1 aromatic rings. The zero-order chi connectivity index (χ0) is 14.9. The van der Waals surface area contributed by atoms with Gasteiger partial charge in [0.15, 0.2) is 0 Å². The summed E-state index contributed by atoms with van der Waals surface area (Å²) < 4.78 is 0. The van der Waals surface area contributed by atoms with Crippen molar-refractivity contribution in [3.63, 3.8) is 0 Å². The zero-order valence-electron chi connectivity index (χ0n) is 13.6. The minimum Gasteiger partial charge on any atom is -0.329 e. The predicted molar refractivity (Wildman–Crippen MR) is 89.1 cm³/mol. The minimum absolute atomic E-state index is 0.231. The molecular weight excluding hydrogens is 256 g/mol. The summed E-state index contributed by atoms with van der Waals surface area (Å²) >= 11 is 0. The van der Waals surface area contributed by atoms with Crippen molar-refractivity contribution >= 4 is 0 Å². The first kappa shape index (κ1) is 15.1. The molecule has 2 unspecified atom stereocenters. The Balaban J connectivity index is 1.71. The molecule has 0 amide bonds. The van der Waals surface area contributed by atoms with Crippen LogP contribution in [0.1, 0.15) is 49.7 Å². The van der Waals surface area contributed by atoms with Crippen molar-refractivity contribution in [1.82, 2.24) is 4.90 Å². The van der Waals surface area contributed by atoms with Gasteiger partial charge in [-0.15, -0.1) is 0 Å². The van der Waals surface area contributed by atoms with E-state index in [2.05, 4.69) is 43.1 Å². The van der Waals surface area contributed by atoms with Crippen molar-refractivity contribution < 1.29 is 0 Å². The number of nitrogens with two attached hydrogens (primary N) is 1. The predicted octanol–water partition coefficient (Wildman–Crippen LogP) is 3.72. The van der Waals surface area contributed by atoms with Crippen molar-refractivity contribution in [2.24, 2.45) is 17.6 Å². The van der Waals surface area contributed by atoms with Crippen LogP contribution in [0.25, 0.3) is 0 Å². The number of hydrogen-bond donors (Lipinski definition) is 1. The van der Waals surface area contributed by atoms with E-state index < -0.39 is 0 Å². The number of rotatable bonds is 5. The van der Waals surface area contributed by atoms with Crippen LogP contribution in [0.2, 0.25) is 0 Å². The molecule has 2 aliphatic carbocycles. The van der Waals surface area contributed by atoms with E-state index in [0.717, 1.165) is 24.9 Å². The largest absolute Gasteiger partial charge is 0.329 e. The molecule has 2 saturated carbocycles. The molecule has 0 aliphatic heterocycles. The van der Waals surface area contributed by atoms with Crippen LogP contribution in [0.5, 0.6) is 0 Å². The zero-order valence-corrected chi connectivity index (χ0v) is 13.6. The number of hydrogen-bond acceptors (Lipinski definition) is 2. The average Bonchev–Trinajstić information content (AvgIpc) is 3.32. The summed E-state index contributed by atoms with van der Waals surface area (Å²) in [7, 11) is 2.28. The van der Waals surface area contributed by atoms with E-state index in [1.54, 1.807) is 0 Å². The number of benzene rings is 1. The maximum atomic E-state index is 6.26. The highest BCUT2D eigenvalue weighted by Crippen LogP contribution is 2.47. The van der Waals surface area contributed by atoms with E-state index in [0.29, 0.717) is 0 Å². The monoisotopic (exact) mass is 286 g/mol. The lowest BCUT2D eigenvalue weighted by molar-refractivity contribution is 0.0459. The van der Waals surface area contributed by atoms with Crippen LogP contribution in [0.3, 0.4) is 0 Å². The van der Waals surface area contributed by atoms with Crippen LogP contribution in [0.4, 0.5) is 0 Å². The Hall–Kier alpha value is -0.860. The van der Waals surface area contributed by atoms with Gasteiger partial charge in [0.2, 0.25) is 0 Å². The molecular formula is C19H30N2. The first-order valence-electron chi connectivity index (χ1n) is 8.60. The van der Waals surface area contributed by atoms with E-state index >= 15 is 0 Å². The molecule has 1 aromatic carbocycles. The Labute approximate surface area is 129 Å². The Morgan fingerprint density at radius 1 is 1.24 bits per heavy atom. The fraction of sp³-hybridized carbons (Fsp3) is 0.684. The molecule has 0 heterocycles. The van der Waals surface area contributed by atoms with Crippen molar-refractivity contribution in [3.8, 4) is 0 Å². The van der Waals surface area contributed by atoms with Gasteiger partial charge >= 0.3 is 0 Å². The Morgan fingerprint density at radius 3 is 2.71 bits per heavy atom. The maximum Gasteiger partial charge on any atom is 0.0334 e. The highest BCUT2D eigenvalue weighted by Gasteiger charge is 2.43. The van der Waals surface area contributed by atoms with Gasteiger partial charge in [0, 0.05) is 18.6 Å². The second-order valence-corrected chi connectivity index (χ2v) is 7.47. The van der Waals surface area contributed by atoms with Crippen LogP contribution < -0.4 is 5.73 Å². The molecule has 2 fully saturated rings. The highest BCUT2D eigenvalue weighted by atomic mass is 15.2. The normalized spacial score (nSPS) is 29.8. The molecule has 116 valence electrons. The second-order valence-electron chi connectivity index (χ2n) is 7.47. The number of aryl methyl sites for hydroxylation is 1. The van der Waals surface area contributed by atoms with E-state index in [4.69, 9.17) is 5.73 Å². The molecule has 0 saturated heterocycles. The van der Waals surface area contributed by atoms with E-state index in [1.165, 1.54) is 49.7 Å². The molecule has 2 heteroatoms. The number of likely N-dealkylation sites (N-methyl/N-ethyl adjacent to an activating group) is 1. The molecule has 2 N–H and O–H groups in total. The summed E-state index contributed by atoms with van der Waals surface area (Å²) in [5.41, 5.74) is 9.26. The fourth-order valence-corrected chi connectivity index (χ4v) is 4.30. The maximum absolute atomic E-state index is 6.26. The van der Waals surface area contributed by atoms with Gasteiger partial charge < -0.3 is 5.73 Å². The Bertz CT molecular complexity index is 480. The van der Waals surface area contributed by atoms with Gasteiger partial charge in [0.25, 0.3) is 0 Å². The van der Waals surface area contributed by atoms with Gasteiger partial charge in [-0.05, 0) is 57.1 Å². The van der Waals surface area contributed by atoms with Gasteiger partial charge in [-0.1, -0.05) is 42.7 Å². The number of nitrogens with zero attached hydrogens (tertiary/aromatic N) is 1. The van der Waals surface area contributed by atoms with Gasteiger partial charge in [0.1, 0.15) is 0 Å². The quantitative estimate of drug-likeness (QED) is 0.894. The van der Waals surface area contributed by atoms with Gasteiger partial charge in [-0.2, -0.15) is 0 Å². The first-order valence-corrected chi connectivity index (χ1v) is 8.60. The van der Waals surface area contributed by atoms with Gasteiger partial charge in [-0.25, -0.2) is 0 Å². The van der Waals surface area contributed by atoms with Crippen molar-refractivity contribution in [1.29, 1.82) is 0 Å². The van der Waals surface area contributed by atoms with Crippen LogP contribution in [-0.4, -0.2) is 24.0 Å². The summed E-state index contributed by atoms with van der Waals surface area (Å²) in [6.07, 6.45) is 8.31. The van der Waals surface area contributed by atoms with Crippen LogP contribution in [-0.2, 0) is 6.54 Å². The summed E-state index contributed by atoms with van der Waals surface area (Å²) in [6, 6.07) is 8.89. The molecule has 21 heavy (non-hydrogen) atoms. The lowest BCUT2D eigenvalue weighted by atomic mass is 9.73. The second kappa shape index (κ2) is 6.10. The van der Waals surface area contributed by atoms with Crippen molar-refractivity contribution in [3.05, 3.63) is 35.4 Å². The van der Waals surface area contributed by atoms with Crippen LogP contribution in [0.15, 0.2) is 24.3 Å². The van der Waals surface area contributed by atoms with Crippen molar-refractivity contribution in [2.45, 2.75) is 57.5 Å². The summed E-state index contributed by atoms with van der Waals surface area (Å²) in [6.45, 7) is 4.00. The summed E-state index contributed by atoms with van der Waals surface area (Å²) in [5, 5.41) is 0. The Kier molecular flexibility index (Phi) is 4.37. The minimum atomic E-state index is 0.231. The van der Waals surface area contributed by atoms with Gasteiger partial charge in [-0.3, -0.25) is 4.90 Å². The highest BCUT2D eigenvalue weighted by molar-refractivity contribution is 5.22. The average molecular weight is 286 g/mol. The molecule has 2 nitrogen and oxygen atoms in total. The van der Waals surface area contributed by atoms with E-state index in [1.807, 2.05) is 0 Å². The molecule has 0 radical (unpaired) electrons. The molecule has 2 atom stereocenters. The van der Waals surface area contributed by atoms with E-state index in [-0.39, 0.29) is 5.54 Å². The third kappa shape index (κ3) is 3.32. The molecule has 0 aromatic heterocycles. The molecule has 0 bridgehead atoms. The van der Waals surface area contributed by atoms with Gasteiger partial charge in [0.05, 0.1) is 0 Å². The topological polar surface area (TPSA) is 29.3 Å². The van der Waals surface area contributed by atoms with Crippen molar-refractivity contribution in [2.75, 3.05) is 13.6 Å². The summed E-state index contributed by atoms with van der Waals surface area (Å²) in [4.78, 5) is 2.55. The standard InChI is InChI=1S/C19H30N2/c1-15-5-3-6-16(11-15)13-21(2)19(14-20)10-4-7-18(12-19)17-8-9-17/h3,5-6,11,17-18H,4,7-10,12-14,20H2,1-2H3. The first-order chi connectivity index (χ1) is 10.1. The smallest absolute Gasteiger partial charge is 0.0334 e. The third-order valence-electron chi connectivity index (χ3n) is 5.84. The molecule has 3 rings (SSSR count). The van der Waals surface area contributed by atoms with E-state index in [9.17, 15) is 0 Å². The third-order valence-corrected chi connectivity index (χ3v) is 5.84. The SMILES string of the molecule is Cc1cccc(CN(C)C2(CN)CCCC(C3CC3)C2)c1. The summed E-state index contributed by atoms with van der Waals surface area (Å²) in [5.74, 6) is 1.95. The molecule has 2 aliphatic rings. The lowest BCUT2D eigenvalue weighted by Gasteiger charge is -2.47. The van der Waals surface area contributed by atoms with Crippen LogP contribution in [0, 0.1) is 18.8 Å². The van der Waals surface area contributed by atoms with Crippen LogP contribution >= 0.6 is 0 Å².